The predicted octanol–water partition coefficient (Wildman–Crippen LogP) is 4.60. The Kier molecular flexibility index (Phi) is 14.6. The summed E-state index contributed by atoms with van der Waals surface area (Å²) < 4.78 is 115. The molecule has 0 saturated heterocycles. The molecule has 204 valence electrons. The van der Waals surface area contributed by atoms with Crippen LogP contribution in [0.1, 0.15) is 52.4 Å². The van der Waals surface area contributed by atoms with Crippen LogP contribution in [0, 0.1) is 0 Å². The molecule has 0 rings (SSSR count). The van der Waals surface area contributed by atoms with Crippen molar-refractivity contribution in [3.63, 3.8) is 0 Å². The molecule has 0 heterocycles. The first kappa shape index (κ1) is 34.8. The molecule has 0 aromatic rings. The van der Waals surface area contributed by atoms with Crippen LogP contribution in [0.5, 0.6) is 0 Å². The van der Waals surface area contributed by atoms with Crippen molar-refractivity contribution in [2.75, 3.05) is 33.8 Å². The number of carbonyl (C=O) groups excluding carboxylic acids is 1. The summed E-state index contributed by atoms with van der Waals surface area (Å²) in [6, 6.07) is 0. The third-order valence-electron chi connectivity index (χ3n) is 4.18. The fourth-order valence-corrected chi connectivity index (χ4v) is 3.86. The summed E-state index contributed by atoms with van der Waals surface area (Å²) >= 11 is 0. The van der Waals surface area contributed by atoms with Gasteiger partial charge in [-0.15, -0.1) is 0 Å². The fraction of sp³-hybridized carbons (Fsp3) is 0.833. The van der Waals surface area contributed by atoms with E-state index in [0.29, 0.717) is 12.2 Å². The standard InChI is InChI=1S/C16H32NO2.C2F6NO4S2/c1-6-7-8-9-10-11-12-17(4,5)13-14-19-16(18)15(2)3;3-1(4,5)14(10,11)9-15(12,13)2(6,7)8/h2,6-14H2,1,3-5H3;/q+1;-1. The van der Waals surface area contributed by atoms with Crippen LogP contribution in [0.3, 0.4) is 0 Å². The fourth-order valence-electron chi connectivity index (χ4n) is 2.15. The lowest BCUT2D eigenvalue weighted by molar-refractivity contribution is -0.890. The molecule has 0 aliphatic heterocycles. The third kappa shape index (κ3) is 14.8. The molecule has 0 unspecified atom stereocenters. The number of ether oxygens (including phenoxy) is 1. The van der Waals surface area contributed by atoms with Gasteiger partial charge in [0.05, 0.1) is 20.6 Å². The number of quaternary nitrogens is 1. The van der Waals surface area contributed by atoms with Crippen molar-refractivity contribution in [1.82, 2.24) is 0 Å². The minimum Gasteiger partial charge on any atom is -0.456 e. The van der Waals surface area contributed by atoms with Crippen molar-refractivity contribution in [2.45, 2.75) is 63.4 Å². The quantitative estimate of drug-likeness (QED) is 0.109. The van der Waals surface area contributed by atoms with E-state index >= 15 is 0 Å². The molecule has 0 spiro atoms. The second kappa shape index (κ2) is 14.2. The molecular formula is C18H32F6N2O6S2. The van der Waals surface area contributed by atoms with Crippen molar-refractivity contribution < 1.29 is 57.2 Å². The number of sulfonamides is 2. The highest BCUT2D eigenvalue weighted by molar-refractivity contribution is 8.13. The third-order valence-corrected chi connectivity index (χ3v) is 6.92. The highest BCUT2D eigenvalue weighted by atomic mass is 32.3. The van der Waals surface area contributed by atoms with E-state index in [1.165, 1.54) is 38.5 Å². The van der Waals surface area contributed by atoms with E-state index in [-0.39, 0.29) is 5.97 Å². The molecule has 34 heavy (non-hydrogen) atoms. The first-order valence-electron chi connectivity index (χ1n) is 10.1. The van der Waals surface area contributed by atoms with Gasteiger partial charge in [-0.1, -0.05) is 39.2 Å². The van der Waals surface area contributed by atoms with E-state index in [0.717, 1.165) is 21.7 Å². The number of hydrogen-bond donors (Lipinski definition) is 0. The smallest absolute Gasteiger partial charge is 0.456 e. The molecule has 8 nitrogen and oxygen atoms in total. The Bertz CT molecular complexity index is 811. The highest BCUT2D eigenvalue weighted by Gasteiger charge is 2.46. The number of halogens is 6. The lowest BCUT2D eigenvalue weighted by Gasteiger charge is -2.29. The van der Waals surface area contributed by atoms with Crippen LogP contribution in [0.15, 0.2) is 12.2 Å². The summed E-state index contributed by atoms with van der Waals surface area (Å²) in [7, 11) is -9.05. The monoisotopic (exact) mass is 550 g/mol. The van der Waals surface area contributed by atoms with Crippen LogP contribution in [0.25, 0.3) is 4.13 Å². The minimum atomic E-state index is -6.72. The number of likely N-dealkylation sites (N-methyl/N-ethyl adjacent to an activating group) is 1. The zero-order chi connectivity index (χ0) is 27.4. The predicted molar refractivity (Wildman–Crippen MR) is 114 cm³/mol. The molecule has 0 fully saturated rings. The lowest BCUT2D eigenvalue weighted by atomic mass is 10.1. The topological polar surface area (TPSA) is 109 Å². The maximum atomic E-state index is 11.4. The summed E-state index contributed by atoms with van der Waals surface area (Å²) in [4.78, 5) is 11.3. The Labute approximate surface area is 197 Å². The maximum absolute atomic E-state index is 11.4. The molecule has 0 bridgehead atoms. The molecule has 0 aromatic carbocycles. The SMILES string of the molecule is C=C(C)C(=O)OCC[N+](C)(C)CCCCCCCC.O=S(=O)([N-]S(=O)(=O)C(F)(F)F)C(F)(F)F. The van der Waals surface area contributed by atoms with Crippen molar-refractivity contribution in [2.24, 2.45) is 0 Å². The van der Waals surface area contributed by atoms with Gasteiger partial charge in [0.1, 0.15) is 13.2 Å². The molecule has 0 atom stereocenters. The van der Waals surface area contributed by atoms with E-state index in [1.807, 2.05) is 0 Å². The van der Waals surface area contributed by atoms with Gasteiger partial charge in [0.2, 0.25) is 0 Å². The van der Waals surface area contributed by atoms with Gasteiger partial charge in [-0.2, -0.15) is 26.3 Å². The molecule has 0 N–H and O–H groups in total. The zero-order valence-electron chi connectivity index (χ0n) is 19.5. The Morgan fingerprint density at radius 2 is 1.26 bits per heavy atom. The van der Waals surface area contributed by atoms with Crippen LogP contribution in [0.4, 0.5) is 26.3 Å². The second-order valence-corrected chi connectivity index (χ2v) is 11.4. The van der Waals surface area contributed by atoms with Gasteiger partial charge in [0, 0.05) is 5.57 Å². The van der Waals surface area contributed by atoms with Gasteiger partial charge >= 0.3 is 17.0 Å². The number of rotatable bonds is 13. The van der Waals surface area contributed by atoms with Crippen LogP contribution in [0.2, 0.25) is 0 Å². The molecule has 0 radical (unpaired) electrons. The largest absolute Gasteiger partial charge is 0.480 e. The van der Waals surface area contributed by atoms with Crippen molar-refractivity contribution in [3.8, 4) is 0 Å². The normalized spacial score (nSPS) is 13.1. The Balaban J connectivity index is 0. The van der Waals surface area contributed by atoms with E-state index < -0.39 is 31.1 Å². The Hall–Kier alpha value is -1.39. The van der Waals surface area contributed by atoms with Crippen LogP contribution in [-0.2, 0) is 29.6 Å². The average molecular weight is 551 g/mol. The van der Waals surface area contributed by atoms with Crippen LogP contribution < -0.4 is 0 Å². The molecule has 0 amide bonds. The Morgan fingerprint density at radius 3 is 1.65 bits per heavy atom. The average Bonchev–Trinajstić information content (AvgIpc) is 2.62. The number of esters is 1. The minimum absolute atomic E-state index is 0.278. The molecule has 16 heteroatoms. The first-order valence-corrected chi connectivity index (χ1v) is 13.0. The number of alkyl halides is 6. The molecule has 0 aromatic heterocycles. The van der Waals surface area contributed by atoms with Crippen molar-refractivity contribution in [1.29, 1.82) is 0 Å². The molecule has 0 aliphatic carbocycles. The van der Waals surface area contributed by atoms with E-state index in [4.69, 9.17) is 4.74 Å². The molecule has 0 saturated carbocycles. The Morgan fingerprint density at radius 1 is 0.853 bits per heavy atom. The highest BCUT2D eigenvalue weighted by Crippen LogP contribution is 2.36. The van der Waals surface area contributed by atoms with Gasteiger partial charge < -0.3 is 13.3 Å². The number of unbranched alkanes of at least 4 members (excludes halogenated alkanes) is 5. The summed E-state index contributed by atoms with van der Waals surface area (Å²) in [5.41, 5.74) is -11.9. The van der Waals surface area contributed by atoms with Gasteiger partial charge in [-0.05, 0) is 19.8 Å². The van der Waals surface area contributed by atoms with Crippen molar-refractivity contribution in [3.05, 3.63) is 16.3 Å². The van der Waals surface area contributed by atoms with E-state index in [2.05, 4.69) is 27.6 Å². The molecular weight excluding hydrogens is 518 g/mol. The van der Waals surface area contributed by atoms with E-state index in [9.17, 15) is 48.0 Å². The zero-order valence-corrected chi connectivity index (χ0v) is 21.1. The van der Waals surface area contributed by atoms with Gasteiger partial charge in [0.15, 0.2) is 20.0 Å². The second-order valence-electron chi connectivity index (χ2n) is 7.98. The summed E-state index contributed by atoms with van der Waals surface area (Å²) in [5, 5.41) is 0. The van der Waals surface area contributed by atoms with Crippen LogP contribution >= 0.6 is 0 Å². The van der Waals surface area contributed by atoms with Crippen molar-refractivity contribution >= 4 is 26.0 Å². The number of hydrogen-bond acceptors (Lipinski definition) is 6. The van der Waals surface area contributed by atoms with Crippen LogP contribution in [-0.4, -0.2) is 72.1 Å². The summed E-state index contributed by atoms with van der Waals surface area (Å²) in [6.45, 7) is 10.00. The van der Waals surface area contributed by atoms with Gasteiger partial charge in [-0.25, -0.2) is 21.6 Å². The first-order chi connectivity index (χ1) is 15.1. The number of nitrogens with zero attached hydrogens (tertiary/aromatic N) is 2. The maximum Gasteiger partial charge on any atom is 0.480 e. The van der Waals surface area contributed by atoms with E-state index in [1.54, 1.807) is 6.92 Å². The summed E-state index contributed by atoms with van der Waals surface area (Å²) in [6.07, 6.45) is 7.93. The van der Waals surface area contributed by atoms with Gasteiger partial charge in [0.25, 0.3) is 0 Å². The van der Waals surface area contributed by atoms with Gasteiger partial charge in [-0.3, -0.25) is 0 Å². The summed E-state index contributed by atoms with van der Waals surface area (Å²) in [5.74, 6) is -0.278. The number of carbonyl (C=O) groups is 1. The lowest BCUT2D eigenvalue weighted by Crippen LogP contribution is -2.43. The molecule has 0 aliphatic rings.